The summed E-state index contributed by atoms with van der Waals surface area (Å²) in [5.74, 6) is 0.193. The van der Waals surface area contributed by atoms with Crippen LogP contribution >= 0.6 is 0 Å². The Morgan fingerprint density at radius 3 is 2.50 bits per heavy atom. The highest BCUT2D eigenvalue weighted by molar-refractivity contribution is 5.77. The second-order valence-corrected chi connectivity index (χ2v) is 6.83. The molecule has 5 nitrogen and oxygen atoms in total. The van der Waals surface area contributed by atoms with Crippen molar-refractivity contribution in [3.05, 3.63) is 66.0 Å². The predicted molar refractivity (Wildman–Crippen MR) is 99.9 cm³/mol. The summed E-state index contributed by atoms with van der Waals surface area (Å²) < 4.78 is 0. The van der Waals surface area contributed by atoms with E-state index in [2.05, 4.69) is 11.1 Å². The number of pyridine rings is 1. The fraction of sp³-hybridized carbons (Fsp3) is 0.381. The van der Waals surface area contributed by atoms with Crippen LogP contribution in [0.1, 0.15) is 42.3 Å². The van der Waals surface area contributed by atoms with E-state index in [0.29, 0.717) is 19.5 Å². The van der Waals surface area contributed by atoms with Gasteiger partial charge in [-0.2, -0.15) is 5.26 Å². The Balaban J connectivity index is 1.55. The number of piperidine rings is 1. The molecule has 1 fully saturated rings. The zero-order valence-electron chi connectivity index (χ0n) is 14.8. The molecule has 1 aliphatic rings. The molecule has 2 aromatic rings. The average molecular weight is 348 g/mol. The van der Waals surface area contributed by atoms with Crippen molar-refractivity contribution in [2.45, 2.75) is 31.2 Å². The predicted octanol–water partition coefficient (Wildman–Crippen LogP) is 3.02. The van der Waals surface area contributed by atoms with E-state index in [1.165, 1.54) is 0 Å². The lowest BCUT2D eigenvalue weighted by atomic mass is 9.81. The molecule has 1 aromatic carbocycles. The van der Waals surface area contributed by atoms with Crippen LogP contribution in [0.4, 0.5) is 0 Å². The van der Waals surface area contributed by atoms with E-state index in [9.17, 15) is 10.1 Å². The summed E-state index contributed by atoms with van der Waals surface area (Å²) >= 11 is 0. The smallest absolute Gasteiger partial charge is 0.224 e. The number of hydrogen-bond acceptors (Lipinski definition) is 4. The maximum Gasteiger partial charge on any atom is 0.224 e. The zero-order valence-corrected chi connectivity index (χ0v) is 14.8. The van der Waals surface area contributed by atoms with Gasteiger partial charge in [-0.15, -0.1) is 0 Å². The van der Waals surface area contributed by atoms with Gasteiger partial charge in [-0.05, 0) is 36.0 Å². The van der Waals surface area contributed by atoms with Crippen LogP contribution in [0.5, 0.6) is 0 Å². The van der Waals surface area contributed by atoms with Crippen molar-refractivity contribution in [1.29, 1.82) is 5.26 Å². The lowest BCUT2D eigenvalue weighted by Gasteiger charge is -2.34. The van der Waals surface area contributed by atoms with E-state index in [0.717, 1.165) is 24.0 Å². The quantitative estimate of drug-likeness (QED) is 0.900. The third kappa shape index (κ3) is 4.27. The van der Waals surface area contributed by atoms with E-state index < -0.39 is 0 Å². The number of benzene rings is 1. The summed E-state index contributed by atoms with van der Waals surface area (Å²) in [5, 5.41) is 9.58. The number of nitriles is 1. The van der Waals surface area contributed by atoms with Gasteiger partial charge < -0.3 is 10.6 Å². The van der Waals surface area contributed by atoms with E-state index in [-0.39, 0.29) is 23.8 Å². The molecule has 2 heterocycles. The van der Waals surface area contributed by atoms with E-state index in [1.54, 1.807) is 12.4 Å². The third-order valence-corrected chi connectivity index (χ3v) is 5.17. The monoisotopic (exact) mass is 348 g/mol. The van der Waals surface area contributed by atoms with Gasteiger partial charge in [0.1, 0.15) is 0 Å². The van der Waals surface area contributed by atoms with Crippen LogP contribution in [0.3, 0.4) is 0 Å². The first kappa shape index (κ1) is 18.1. The Kier molecular flexibility index (Phi) is 5.98. The molecule has 2 unspecified atom stereocenters. The number of rotatable bonds is 5. The van der Waals surface area contributed by atoms with Crippen LogP contribution in [0.15, 0.2) is 54.9 Å². The Hall–Kier alpha value is -2.71. The van der Waals surface area contributed by atoms with Crippen molar-refractivity contribution in [2.75, 3.05) is 13.1 Å². The molecular weight excluding hydrogens is 324 g/mol. The third-order valence-electron chi connectivity index (χ3n) is 5.17. The molecule has 5 heteroatoms. The number of aromatic nitrogens is 1. The van der Waals surface area contributed by atoms with E-state index in [1.807, 2.05) is 47.4 Å². The average Bonchev–Trinajstić information content (AvgIpc) is 2.70. The zero-order chi connectivity index (χ0) is 18.4. The van der Waals surface area contributed by atoms with Crippen molar-refractivity contribution >= 4 is 5.91 Å². The Morgan fingerprint density at radius 1 is 1.19 bits per heavy atom. The number of carbonyl (C=O) groups excluding carboxylic acids is 1. The number of nitrogens with zero attached hydrogens (tertiary/aromatic N) is 3. The van der Waals surface area contributed by atoms with Gasteiger partial charge in [0.2, 0.25) is 5.91 Å². The molecule has 0 spiro atoms. The van der Waals surface area contributed by atoms with Crippen LogP contribution in [0.25, 0.3) is 0 Å². The highest BCUT2D eigenvalue weighted by Gasteiger charge is 2.30. The van der Waals surface area contributed by atoms with Crippen LogP contribution in [-0.2, 0) is 4.79 Å². The van der Waals surface area contributed by atoms with Crippen LogP contribution in [0.2, 0.25) is 0 Å². The molecule has 2 N–H and O–H groups in total. The lowest BCUT2D eigenvalue weighted by Crippen LogP contribution is -2.40. The molecule has 1 aliphatic heterocycles. The van der Waals surface area contributed by atoms with E-state index in [4.69, 9.17) is 5.73 Å². The molecule has 3 rings (SSSR count). The maximum absolute atomic E-state index is 12.6. The standard InChI is InChI=1S/C21H24N4O/c22-14-19(18-7-4-10-24-15-18)16-8-11-25(12-9-16)21(26)13-20(23)17-5-2-1-3-6-17/h1-7,10,15-16,19-20H,8-9,11-13,23H2. The second kappa shape index (κ2) is 8.59. The first-order valence-corrected chi connectivity index (χ1v) is 9.07. The molecule has 1 saturated heterocycles. The van der Waals surface area contributed by atoms with Crippen molar-refractivity contribution in [1.82, 2.24) is 9.88 Å². The summed E-state index contributed by atoms with van der Waals surface area (Å²) in [6.45, 7) is 1.37. The summed E-state index contributed by atoms with van der Waals surface area (Å²) in [6.07, 6.45) is 5.47. The minimum Gasteiger partial charge on any atom is -0.343 e. The van der Waals surface area contributed by atoms with Crippen LogP contribution in [0, 0.1) is 17.2 Å². The van der Waals surface area contributed by atoms with Crippen molar-refractivity contribution in [3.8, 4) is 6.07 Å². The molecule has 1 aromatic heterocycles. The molecule has 0 saturated carbocycles. The minimum atomic E-state index is -0.274. The number of carbonyl (C=O) groups is 1. The summed E-state index contributed by atoms with van der Waals surface area (Å²) in [6, 6.07) is 15.7. The van der Waals surface area contributed by atoms with E-state index >= 15 is 0 Å². The highest BCUT2D eigenvalue weighted by atomic mass is 16.2. The summed E-state index contributed by atoms with van der Waals surface area (Å²) in [7, 11) is 0. The molecule has 0 bridgehead atoms. The maximum atomic E-state index is 12.6. The lowest BCUT2D eigenvalue weighted by molar-refractivity contribution is -0.133. The van der Waals surface area contributed by atoms with Gasteiger partial charge in [0.25, 0.3) is 0 Å². The number of likely N-dealkylation sites (tertiary alicyclic amines) is 1. The summed E-state index contributed by atoms with van der Waals surface area (Å²) in [4.78, 5) is 18.6. The van der Waals surface area contributed by atoms with Crippen molar-refractivity contribution in [3.63, 3.8) is 0 Å². The van der Waals surface area contributed by atoms with Gasteiger partial charge in [0.15, 0.2) is 0 Å². The Labute approximate surface area is 154 Å². The van der Waals surface area contributed by atoms with Gasteiger partial charge in [-0.1, -0.05) is 36.4 Å². The fourth-order valence-electron chi connectivity index (χ4n) is 3.63. The van der Waals surface area contributed by atoms with Crippen molar-refractivity contribution < 1.29 is 4.79 Å². The fourth-order valence-corrected chi connectivity index (χ4v) is 3.63. The molecule has 1 amide bonds. The SMILES string of the molecule is N#CC(c1cccnc1)C1CCN(C(=O)CC(N)c2ccccc2)CC1. The van der Waals surface area contributed by atoms with Gasteiger partial charge in [0.05, 0.1) is 12.0 Å². The number of hydrogen-bond donors (Lipinski definition) is 1. The van der Waals surface area contributed by atoms with Gasteiger partial charge >= 0.3 is 0 Å². The topological polar surface area (TPSA) is 83.0 Å². The number of nitrogens with two attached hydrogens (primary N) is 1. The molecule has 0 radical (unpaired) electrons. The second-order valence-electron chi connectivity index (χ2n) is 6.83. The molecule has 134 valence electrons. The molecule has 26 heavy (non-hydrogen) atoms. The molecule has 0 aliphatic carbocycles. The van der Waals surface area contributed by atoms with Gasteiger partial charge in [0, 0.05) is 37.9 Å². The first-order chi connectivity index (χ1) is 12.7. The van der Waals surface area contributed by atoms with Crippen LogP contribution in [-0.4, -0.2) is 28.9 Å². The van der Waals surface area contributed by atoms with Crippen molar-refractivity contribution in [2.24, 2.45) is 11.7 Å². The minimum absolute atomic E-state index is 0.0923. The molecule has 2 atom stereocenters. The van der Waals surface area contributed by atoms with Crippen LogP contribution < -0.4 is 5.73 Å². The van der Waals surface area contributed by atoms with Gasteiger partial charge in [-0.25, -0.2) is 0 Å². The first-order valence-electron chi connectivity index (χ1n) is 9.07. The largest absolute Gasteiger partial charge is 0.343 e. The summed E-state index contributed by atoms with van der Waals surface area (Å²) in [5.41, 5.74) is 8.13. The Morgan fingerprint density at radius 2 is 1.88 bits per heavy atom. The normalized spacial score (nSPS) is 17.3. The highest BCUT2D eigenvalue weighted by Crippen LogP contribution is 2.32. The Bertz CT molecular complexity index is 749. The van der Waals surface area contributed by atoms with Gasteiger partial charge in [-0.3, -0.25) is 9.78 Å². The molecular formula is C21H24N4O. The number of amides is 1.